The monoisotopic (exact) mass is 416 g/mol. The highest BCUT2D eigenvalue weighted by Gasteiger charge is 2.27. The normalized spacial score (nSPS) is 15.3. The molecule has 158 valence electrons. The Hall–Kier alpha value is -3.52. The van der Waals surface area contributed by atoms with E-state index in [-0.39, 0.29) is 0 Å². The first-order valence-electron chi connectivity index (χ1n) is 11.2. The third-order valence-corrected chi connectivity index (χ3v) is 6.94. The van der Waals surface area contributed by atoms with Crippen LogP contribution in [0, 0.1) is 41.5 Å². The molecule has 0 fully saturated rings. The van der Waals surface area contributed by atoms with E-state index >= 15 is 0 Å². The fraction of sp³-hybridized carbons (Fsp3) is 0.200. The minimum absolute atomic E-state index is 0.954. The van der Waals surface area contributed by atoms with Crippen molar-refractivity contribution in [1.29, 1.82) is 0 Å². The van der Waals surface area contributed by atoms with Crippen LogP contribution in [0.2, 0.25) is 0 Å². The first-order chi connectivity index (χ1) is 15.3. The standard InChI is InChI=1S/C30H28N2/c1-17-13-24(14-18(2)21(17)5)31-29-26-11-7-9-23-10-8-12-27(28(23)26)30(29)32-25-15-19(3)22(6)20(4)16-25/h7-16H,1-6H3. The van der Waals surface area contributed by atoms with E-state index in [1.807, 2.05) is 0 Å². The molecular formula is C30H28N2. The Morgan fingerprint density at radius 1 is 0.500 bits per heavy atom. The van der Waals surface area contributed by atoms with Gasteiger partial charge in [0.2, 0.25) is 0 Å². The van der Waals surface area contributed by atoms with Gasteiger partial charge in [-0.3, -0.25) is 0 Å². The number of aryl methyl sites for hydroxylation is 4. The molecule has 0 N–H and O–H groups in total. The summed E-state index contributed by atoms with van der Waals surface area (Å²) in [7, 11) is 0. The van der Waals surface area contributed by atoms with E-state index in [1.165, 1.54) is 44.2 Å². The van der Waals surface area contributed by atoms with Crippen LogP contribution < -0.4 is 0 Å². The highest BCUT2D eigenvalue weighted by molar-refractivity contribution is 6.61. The van der Waals surface area contributed by atoms with Crippen LogP contribution in [-0.4, -0.2) is 11.4 Å². The second-order valence-corrected chi connectivity index (χ2v) is 9.04. The summed E-state index contributed by atoms with van der Waals surface area (Å²) in [5.74, 6) is 0. The summed E-state index contributed by atoms with van der Waals surface area (Å²) in [6.45, 7) is 13.0. The lowest BCUT2D eigenvalue weighted by Gasteiger charge is -2.09. The lowest BCUT2D eigenvalue weighted by Crippen LogP contribution is -2.10. The SMILES string of the molecule is Cc1cc(N=C2C(=Nc3cc(C)c(C)c(C)c3)c3cccc4cccc2c34)cc(C)c1C. The van der Waals surface area contributed by atoms with Gasteiger partial charge in [-0.25, -0.2) is 9.98 Å². The van der Waals surface area contributed by atoms with E-state index in [4.69, 9.17) is 9.98 Å². The predicted molar refractivity (Wildman–Crippen MR) is 138 cm³/mol. The van der Waals surface area contributed by atoms with Gasteiger partial charge >= 0.3 is 0 Å². The molecule has 0 bridgehead atoms. The summed E-state index contributed by atoms with van der Waals surface area (Å²) in [4.78, 5) is 10.4. The van der Waals surface area contributed by atoms with E-state index in [2.05, 4.69) is 102 Å². The number of hydrogen-bond donors (Lipinski definition) is 0. The molecule has 0 spiro atoms. The molecule has 0 radical (unpaired) electrons. The largest absolute Gasteiger partial charge is 0.246 e. The fourth-order valence-electron chi connectivity index (χ4n) is 4.63. The predicted octanol–water partition coefficient (Wildman–Crippen LogP) is 7.95. The molecule has 4 aromatic carbocycles. The van der Waals surface area contributed by atoms with Crippen LogP contribution in [0.5, 0.6) is 0 Å². The zero-order chi connectivity index (χ0) is 22.6. The minimum Gasteiger partial charge on any atom is -0.246 e. The van der Waals surface area contributed by atoms with Gasteiger partial charge in [-0.1, -0.05) is 36.4 Å². The summed E-state index contributed by atoms with van der Waals surface area (Å²) in [5.41, 5.74) is 13.9. The maximum Gasteiger partial charge on any atom is 0.0978 e. The van der Waals surface area contributed by atoms with Crippen LogP contribution in [0.4, 0.5) is 11.4 Å². The molecule has 0 aliphatic heterocycles. The Bertz CT molecular complexity index is 1310. The molecule has 0 saturated heterocycles. The van der Waals surface area contributed by atoms with Crippen LogP contribution >= 0.6 is 0 Å². The van der Waals surface area contributed by atoms with Crippen molar-refractivity contribution < 1.29 is 0 Å². The van der Waals surface area contributed by atoms with Crippen molar-refractivity contribution in [3.63, 3.8) is 0 Å². The zero-order valence-electron chi connectivity index (χ0n) is 19.7. The second kappa shape index (κ2) is 7.56. The smallest absolute Gasteiger partial charge is 0.0978 e. The topological polar surface area (TPSA) is 24.7 Å². The molecule has 0 aromatic heterocycles. The first kappa shape index (κ1) is 20.4. The molecule has 0 heterocycles. The van der Waals surface area contributed by atoms with Gasteiger partial charge in [-0.15, -0.1) is 0 Å². The van der Waals surface area contributed by atoms with Crippen molar-refractivity contribution in [1.82, 2.24) is 0 Å². The van der Waals surface area contributed by atoms with E-state index < -0.39 is 0 Å². The quantitative estimate of drug-likeness (QED) is 0.317. The number of aliphatic imine (C=N–C) groups is 2. The summed E-state index contributed by atoms with van der Waals surface area (Å²) in [6, 6.07) is 21.6. The van der Waals surface area contributed by atoms with E-state index in [0.717, 1.165) is 33.9 Å². The number of benzene rings is 4. The van der Waals surface area contributed by atoms with Crippen molar-refractivity contribution in [2.75, 3.05) is 0 Å². The molecule has 2 heteroatoms. The van der Waals surface area contributed by atoms with E-state index in [0.29, 0.717) is 0 Å². The number of nitrogens with zero attached hydrogens (tertiary/aromatic N) is 2. The summed E-state index contributed by atoms with van der Waals surface area (Å²) < 4.78 is 0. The average molecular weight is 417 g/mol. The third-order valence-electron chi connectivity index (χ3n) is 6.94. The molecule has 2 nitrogen and oxygen atoms in total. The Kier molecular flexibility index (Phi) is 4.82. The Morgan fingerprint density at radius 3 is 1.25 bits per heavy atom. The van der Waals surface area contributed by atoms with Gasteiger partial charge in [-0.05, 0) is 105 Å². The van der Waals surface area contributed by atoms with Crippen LogP contribution in [0.1, 0.15) is 44.5 Å². The fourth-order valence-corrected chi connectivity index (χ4v) is 4.63. The lowest BCUT2D eigenvalue weighted by atomic mass is 10.0. The number of hydrogen-bond acceptors (Lipinski definition) is 2. The Labute approximate surface area is 190 Å². The summed E-state index contributed by atoms with van der Waals surface area (Å²) in [6.07, 6.45) is 0. The molecule has 4 aromatic rings. The Balaban J connectivity index is 1.78. The maximum absolute atomic E-state index is 5.19. The van der Waals surface area contributed by atoms with Gasteiger partial charge < -0.3 is 0 Å². The summed E-state index contributed by atoms with van der Waals surface area (Å²) in [5, 5.41) is 2.47. The molecule has 1 aliphatic rings. The van der Waals surface area contributed by atoms with Crippen molar-refractivity contribution in [2.45, 2.75) is 41.5 Å². The molecule has 0 atom stereocenters. The van der Waals surface area contributed by atoms with Gasteiger partial charge in [0.25, 0.3) is 0 Å². The molecule has 0 unspecified atom stereocenters. The highest BCUT2D eigenvalue weighted by Crippen LogP contribution is 2.35. The molecule has 0 amide bonds. The van der Waals surface area contributed by atoms with Crippen LogP contribution in [-0.2, 0) is 0 Å². The minimum atomic E-state index is 0.954. The van der Waals surface area contributed by atoms with Crippen LogP contribution in [0.3, 0.4) is 0 Å². The highest BCUT2D eigenvalue weighted by atomic mass is 14.8. The van der Waals surface area contributed by atoms with Gasteiger partial charge in [0, 0.05) is 16.5 Å². The van der Waals surface area contributed by atoms with Crippen LogP contribution in [0.15, 0.2) is 70.6 Å². The van der Waals surface area contributed by atoms with Crippen molar-refractivity contribution in [3.8, 4) is 0 Å². The average Bonchev–Trinajstić information content (AvgIpc) is 3.05. The van der Waals surface area contributed by atoms with Gasteiger partial charge in [-0.2, -0.15) is 0 Å². The lowest BCUT2D eigenvalue weighted by molar-refractivity contribution is 1.25. The maximum atomic E-state index is 5.19. The van der Waals surface area contributed by atoms with Crippen LogP contribution in [0.25, 0.3) is 10.8 Å². The molecule has 5 rings (SSSR count). The third kappa shape index (κ3) is 3.27. The van der Waals surface area contributed by atoms with E-state index in [1.54, 1.807) is 0 Å². The van der Waals surface area contributed by atoms with Gasteiger partial charge in [0.15, 0.2) is 0 Å². The molecule has 1 aliphatic carbocycles. The van der Waals surface area contributed by atoms with Gasteiger partial charge in [0.1, 0.15) is 0 Å². The zero-order valence-corrected chi connectivity index (χ0v) is 19.7. The second-order valence-electron chi connectivity index (χ2n) is 9.04. The molecule has 0 saturated carbocycles. The first-order valence-corrected chi connectivity index (χ1v) is 11.2. The summed E-state index contributed by atoms with van der Waals surface area (Å²) >= 11 is 0. The van der Waals surface area contributed by atoms with Crippen molar-refractivity contribution in [2.24, 2.45) is 9.98 Å². The Morgan fingerprint density at radius 2 is 0.875 bits per heavy atom. The number of rotatable bonds is 2. The van der Waals surface area contributed by atoms with Crippen molar-refractivity contribution >= 4 is 33.6 Å². The molecular weight excluding hydrogens is 388 g/mol. The molecule has 32 heavy (non-hydrogen) atoms. The van der Waals surface area contributed by atoms with E-state index in [9.17, 15) is 0 Å². The van der Waals surface area contributed by atoms with Gasteiger partial charge in [0.05, 0.1) is 22.8 Å². The van der Waals surface area contributed by atoms with Crippen molar-refractivity contribution in [3.05, 3.63) is 105 Å².